The van der Waals surface area contributed by atoms with Gasteiger partial charge in [-0.25, -0.2) is 9.97 Å². The highest BCUT2D eigenvalue weighted by Gasteiger charge is 2.34. The summed E-state index contributed by atoms with van der Waals surface area (Å²) in [7, 11) is 0. The third-order valence-electron chi connectivity index (χ3n) is 8.28. The van der Waals surface area contributed by atoms with E-state index in [1.165, 1.54) is 5.69 Å². The highest BCUT2D eigenvalue weighted by Crippen LogP contribution is 2.29. The first-order chi connectivity index (χ1) is 20.5. The van der Waals surface area contributed by atoms with Crippen molar-refractivity contribution in [1.82, 2.24) is 19.8 Å². The lowest BCUT2D eigenvalue weighted by atomic mass is 10.1. The number of benzene rings is 2. The summed E-state index contributed by atoms with van der Waals surface area (Å²) in [6, 6.07) is 18.3. The number of likely N-dealkylation sites (tertiary alicyclic amines) is 1. The molecule has 0 saturated carbocycles. The Balaban J connectivity index is 1.09. The number of amides is 1. The zero-order valence-corrected chi connectivity index (χ0v) is 23.6. The smallest absolute Gasteiger partial charge is 0.248 e. The minimum absolute atomic E-state index is 0.0737. The molecule has 11 nitrogen and oxygen atoms in total. The van der Waals surface area contributed by atoms with Crippen LogP contribution in [-0.2, 0) is 9.53 Å². The van der Waals surface area contributed by atoms with Gasteiger partial charge >= 0.3 is 0 Å². The van der Waals surface area contributed by atoms with Crippen LogP contribution in [0, 0.1) is 17.2 Å². The van der Waals surface area contributed by atoms with E-state index in [1.54, 1.807) is 23.2 Å². The van der Waals surface area contributed by atoms with E-state index in [2.05, 4.69) is 55.4 Å². The fourth-order valence-electron chi connectivity index (χ4n) is 5.67. The molecule has 1 amide bonds. The maximum Gasteiger partial charge on any atom is 0.248 e. The molecule has 2 atom stereocenters. The lowest BCUT2D eigenvalue weighted by Gasteiger charge is -2.43. The number of carbonyl (C=O) groups is 1. The van der Waals surface area contributed by atoms with Crippen LogP contribution in [0.2, 0.25) is 0 Å². The predicted molar refractivity (Wildman–Crippen MR) is 158 cm³/mol. The summed E-state index contributed by atoms with van der Waals surface area (Å²) >= 11 is 0. The molecule has 1 unspecified atom stereocenters. The Bertz CT molecular complexity index is 1450. The maximum absolute atomic E-state index is 11.9. The summed E-state index contributed by atoms with van der Waals surface area (Å²) in [5.41, 5.74) is 3.20. The molecule has 2 aromatic carbocycles. The molecule has 3 fully saturated rings. The lowest BCUT2D eigenvalue weighted by molar-refractivity contribution is -0.133. The molecule has 0 spiro atoms. The number of hydrogen-bond acceptors (Lipinski definition) is 10. The Labute approximate surface area is 245 Å². The van der Waals surface area contributed by atoms with Crippen LogP contribution in [0.5, 0.6) is 5.75 Å². The first kappa shape index (κ1) is 27.9. The number of rotatable bonds is 8. The molecule has 4 heterocycles. The SMILES string of the molecule is C[C@@H]1CN(C(=O)CO)CC1Oc1ccc(-c2nccc(Nc3ccc(N4CCN(C5COC5)CC4)cc3)n2)cc1C#N. The molecule has 0 aliphatic carbocycles. The maximum atomic E-state index is 11.9. The molecule has 3 aliphatic heterocycles. The number of nitriles is 1. The number of hydrogen-bond donors (Lipinski definition) is 2. The zero-order chi connectivity index (χ0) is 29.1. The van der Waals surface area contributed by atoms with Gasteiger partial charge in [-0.1, -0.05) is 6.92 Å². The number of piperazine rings is 1. The van der Waals surface area contributed by atoms with Crippen LogP contribution in [0.15, 0.2) is 54.7 Å². The Morgan fingerprint density at radius 2 is 1.90 bits per heavy atom. The van der Waals surface area contributed by atoms with E-state index in [-0.39, 0.29) is 17.9 Å². The molecule has 3 aromatic rings. The number of carbonyl (C=O) groups excluding carboxylic acids is 1. The number of nitrogens with zero attached hydrogens (tertiary/aromatic N) is 6. The van der Waals surface area contributed by atoms with E-state index in [9.17, 15) is 15.2 Å². The van der Waals surface area contributed by atoms with Gasteiger partial charge < -0.3 is 29.7 Å². The standard InChI is InChI=1S/C31H35N7O4/c1-21-16-38(30(40)18-39)17-28(21)42-27-7-2-22(14-23(27)15-32)31-33-9-8-29(35-31)34-24-3-5-25(6-4-24)36-10-12-37(13-11-36)26-19-41-20-26/h2-9,14,21,26,28,39H,10-13,16-20H2,1H3,(H,33,34,35)/t21-,28?/m1/s1. The van der Waals surface area contributed by atoms with Crippen molar-refractivity contribution in [3.8, 4) is 23.2 Å². The largest absolute Gasteiger partial charge is 0.487 e. The van der Waals surface area contributed by atoms with Gasteiger partial charge in [0.2, 0.25) is 5.91 Å². The van der Waals surface area contributed by atoms with E-state index in [4.69, 9.17) is 9.47 Å². The van der Waals surface area contributed by atoms with Gasteiger partial charge in [-0.2, -0.15) is 5.26 Å². The number of ether oxygens (including phenoxy) is 2. The third-order valence-corrected chi connectivity index (χ3v) is 8.28. The van der Waals surface area contributed by atoms with Crippen LogP contribution < -0.4 is 15.0 Å². The van der Waals surface area contributed by atoms with E-state index in [1.807, 2.05) is 19.1 Å². The summed E-state index contributed by atoms with van der Waals surface area (Å²) in [6.45, 7) is 8.20. The topological polar surface area (TPSA) is 127 Å². The Morgan fingerprint density at radius 3 is 2.60 bits per heavy atom. The second kappa shape index (κ2) is 12.3. The van der Waals surface area contributed by atoms with Gasteiger partial charge in [0.1, 0.15) is 30.3 Å². The molecule has 0 bridgehead atoms. The van der Waals surface area contributed by atoms with Crippen molar-refractivity contribution in [2.75, 3.05) is 69.3 Å². The molecule has 6 rings (SSSR count). The summed E-state index contributed by atoms with van der Waals surface area (Å²) in [6.07, 6.45) is 1.43. The first-order valence-electron chi connectivity index (χ1n) is 14.4. The second-order valence-electron chi connectivity index (χ2n) is 11.1. The molecule has 2 N–H and O–H groups in total. The molecular weight excluding hydrogens is 534 g/mol. The number of aliphatic hydroxyl groups is 1. The van der Waals surface area contributed by atoms with Crippen LogP contribution in [0.25, 0.3) is 11.4 Å². The van der Waals surface area contributed by atoms with Gasteiger partial charge in [-0.05, 0) is 48.5 Å². The third kappa shape index (κ3) is 6.01. The average molecular weight is 570 g/mol. The highest BCUT2D eigenvalue weighted by molar-refractivity contribution is 5.77. The van der Waals surface area contributed by atoms with Gasteiger partial charge in [0.05, 0.1) is 31.4 Å². The average Bonchev–Trinajstić information content (AvgIpc) is 3.36. The van der Waals surface area contributed by atoms with Crippen molar-refractivity contribution < 1.29 is 19.4 Å². The minimum atomic E-state index is -0.522. The predicted octanol–water partition coefficient (Wildman–Crippen LogP) is 2.50. The van der Waals surface area contributed by atoms with Gasteiger partial charge in [0.15, 0.2) is 5.82 Å². The van der Waals surface area contributed by atoms with Crippen molar-refractivity contribution in [1.29, 1.82) is 5.26 Å². The minimum Gasteiger partial charge on any atom is -0.487 e. The van der Waals surface area contributed by atoms with Gasteiger partial charge in [0, 0.05) is 61.8 Å². The molecular formula is C31H35N7O4. The quantitative estimate of drug-likeness (QED) is 0.418. The van der Waals surface area contributed by atoms with Crippen LogP contribution in [0.1, 0.15) is 12.5 Å². The zero-order valence-electron chi connectivity index (χ0n) is 23.6. The highest BCUT2D eigenvalue weighted by atomic mass is 16.5. The molecule has 0 radical (unpaired) electrons. The number of aliphatic hydroxyl groups excluding tert-OH is 1. The van der Waals surface area contributed by atoms with E-state index < -0.39 is 6.61 Å². The van der Waals surface area contributed by atoms with Crippen LogP contribution >= 0.6 is 0 Å². The Morgan fingerprint density at radius 1 is 1.12 bits per heavy atom. The van der Waals surface area contributed by atoms with Gasteiger partial charge in [-0.3, -0.25) is 9.69 Å². The van der Waals surface area contributed by atoms with Crippen molar-refractivity contribution >= 4 is 23.1 Å². The normalized spacial score (nSPS) is 21.1. The van der Waals surface area contributed by atoms with Crippen molar-refractivity contribution in [3.63, 3.8) is 0 Å². The lowest BCUT2D eigenvalue weighted by Crippen LogP contribution is -2.56. The molecule has 11 heteroatoms. The first-order valence-corrected chi connectivity index (χ1v) is 14.4. The van der Waals surface area contributed by atoms with Crippen LogP contribution in [0.3, 0.4) is 0 Å². The van der Waals surface area contributed by atoms with E-state index in [0.717, 1.165) is 45.1 Å². The summed E-state index contributed by atoms with van der Waals surface area (Å²) in [5.74, 6) is 1.34. The van der Waals surface area contributed by atoms with E-state index >= 15 is 0 Å². The molecule has 1 aromatic heterocycles. The molecule has 42 heavy (non-hydrogen) atoms. The van der Waals surface area contributed by atoms with Gasteiger partial charge in [-0.15, -0.1) is 0 Å². The van der Waals surface area contributed by atoms with Crippen molar-refractivity contribution in [2.24, 2.45) is 5.92 Å². The Kier molecular flexibility index (Phi) is 8.19. The number of anilines is 3. The summed E-state index contributed by atoms with van der Waals surface area (Å²) < 4.78 is 11.5. The fraction of sp³-hybridized carbons (Fsp3) is 0.419. The van der Waals surface area contributed by atoms with Crippen molar-refractivity contribution in [2.45, 2.75) is 19.1 Å². The number of nitrogens with one attached hydrogen (secondary N) is 1. The van der Waals surface area contributed by atoms with Crippen molar-refractivity contribution in [3.05, 3.63) is 60.3 Å². The van der Waals surface area contributed by atoms with Gasteiger partial charge in [0.25, 0.3) is 0 Å². The van der Waals surface area contributed by atoms with Crippen LogP contribution in [-0.4, -0.2) is 102 Å². The van der Waals surface area contributed by atoms with Crippen LogP contribution in [0.4, 0.5) is 17.2 Å². The Hall–Kier alpha value is -4.24. The molecule has 218 valence electrons. The monoisotopic (exact) mass is 569 g/mol. The number of aromatic nitrogens is 2. The second-order valence-corrected chi connectivity index (χ2v) is 11.1. The van der Waals surface area contributed by atoms with E-state index in [0.29, 0.717) is 47.7 Å². The molecule has 3 aliphatic rings. The summed E-state index contributed by atoms with van der Waals surface area (Å²) in [5, 5.41) is 22.4. The fourth-order valence-corrected chi connectivity index (χ4v) is 5.67. The molecule has 3 saturated heterocycles. The summed E-state index contributed by atoms with van der Waals surface area (Å²) in [4.78, 5) is 27.5.